The summed E-state index contributed by atoms with van der Waals surface area (Å²) in [7, 11) is 0. The highest BCUT2D eigenvalue weighted by molar-refractivity contribution is 5.05. The Morgan fingerprint density at radius 1 is 1.50 bits per heavy atom. The number of rotatable bonds is 3. The fourth-order valence-corrected chi connectivity index (χ4v) is 1.27. The van der Waals surface area contributed by atoms with Gasteiger partial charge in [-0.05, 0) is 19.3 Å². The quantitative estimate of drug-likeness (QED) is 0.755. The van der Waals surface area contributed by atoms with E-state index in [4.69, 9.17) is 5.73 Å². The predicted octanol–water partition coefficient (Wildman–Crippen LogP) is 0.988. The summed E-state index contributed by atoms with van der Waals surface area (Å²) < 4.78 is 0. The lowest BCUT2D eigenvalue weighted by Gasteiger charge is -2.08. The number of hydrogen-bond acceptors (Lipinski definition) is 3. The first kappa shape index (κ1) is 10.9. The van der Waals surface area contributed by atoms with Gasteiger partial charge in [-0.25, -0.2) is 4.98 Å². The second kappa shape index (κ2) is 4.37. The molecule has 0 amide bonds. The molecule has 1 rings (SSSR count). The van der Waals surface area contributed by atoms with Gasteiger partial charge in [-0.1, -0.05) is 13.8 Å². The van der Waals surface area contributed by atoms with Crippen molar-refractivity contribution in [2.24, 2.45) is 11.7 Å². The molecule has 0 fully saturated rings. The highest BCUT2D eigenvalue weighted by atomic mass is 16.1. The molecule has 0 spiro atoms. The largest absolute Gasteiger partial charge is 0.322 e. The van der Waals surface area contributed by atoms with Crippen LogP contribution in [0.3, 0.4) is 0 Å². The van der Waals surface area contributed by atoms with Crippen LogP contribution in [0, 0.1) is 5.92 Å². The number of nitrogens with one attached hydrogen (secondary N) is 1. The van der Waals surface area contributed by atoms with E-state index in [0.29, 0.717) is 11.7 Å². The molecular weight excluding hydrogens is 178 g/mol. The van der Waals surface area contributed by atoms with Crippen LogP contribution in [0.2, 0.25) is 0 Å². The van der Waals surface area contributed by atoms with Crippen molar-refractivity contribution >= 4 is 0 Å². The zero-order valence-electron chi connectivity index (χ0n) is 8.87. The number of hydrogen-bond donors (Lipinski definition) is 2. The first-order valence-corrected chi connectivity index (χ1v) is 4.84. The van der Waals surface area contributed by atoms with E-state index in [0.717, 1.165) is 12.1 Å². The maximum atomic E-state index is 11.2. The van der Waals surface area contributed by atoms with E-state index in [-0.39, 0.29) is 11.6 Å². The van der Waals surface area contributed by atoms with Crippen molar-refractivity contribution in [2.75, 3.05) is 0 Å². The standard InChI is InChI=1S/C10H17N3O/c1-6(2)4-8-5-9(14)13-10(12-8)7(3)11/h5-7H,4,11H2,1-3H3,(H,12,13,14). The zero-order chi connectivity index (χ0) is 10.7. The second-order valence-electron chi connectivity index (χ2n) is 4.01. The predicted molar refractivity (Wildman–Crippen MR) is 56.0 cm³/mol. The minimum absolute atomic E-state index is 0.122. The van der Waals surface area contributed by atoms with Gasteiger partial charge >= 0.3 is 0 Å². The maximum absolute atomic E-state index is 11.2. The van der Waals surface area contributed by atoms with Crippen molar-refractivity contribution in [3.63, 3.8) is 0 Å². The number of aromatic amines is 1. The fourth-order valence-electron chi connectivity index (χ4n) is 1.27. The van der Waals surface area contributed by atoms with E-state index in [1.54, 1.807) is 6.92 Å². The van der Waals surface area contributed by atoms with Gasteiger partial charge in [0.25, 0.3) is 5.56 Å². The molecule has 1 aromatic heterocycles. The van der Waals surface area contributed by atoms with Gasteiger partial charge in [0.2, 0.25) is 0 Å². The van der Waals surface area contributed by atoms with Crippen LogP contribution in [0.15, 0.2) is 10.9 Å². The number of aromatic nitrogens is 2. The van der Waals surface area contributed by atoms with E-state index in [2.05, 4.69) is 23.8 Å². The molecule has 1 heterocycles. The minimum atomic E-state index is -0.227. The summed E-state index contributed by atoms with van der Waals surface area (Å²) in [4.78, 5) is 18.2. The Bertz CT molecular complexity index is 355. The van der Waals surface area contributed by atoms with Crippen LogP contribution in [0.4, 0.5) is 0 Å². The normalized spacial score (nSPS) is 13.2. The minimum Gasteiger partial charge on any atom is -0.322 e. The first-order chi connectivity index (χ1) is 6.49. The van der Waals surface area contributed by atoms with E-state index < -0.39 is 0 Å². The molecule has 0 aliphatic rings. The molecule has 0 saturated carbocycles. The molecule has 0 radical (unpaired) electrons. The molecule has 4 heteroatoms. The maximum Gasteiger partial charge on any atom is 0.251 e. The van der Waals surface area contributed by atoms with Gasteiger partial charge in [0.1, 0.15) is 5.82 Å². The van der Waals surface area contributed by atoms with Crippen LogP contribution in [0.1, 0.15) is 38.3 Å². The Labute approximate surface area is 83.6 Å². The molecular formula is C10H17N3O. The SMILES string of the molecule is CC(C)Cc1cc(=O)[nH]c(C(C)N)n1. The lowest BCUT2D eigenvalue weighted by atomic mass is 10.1. The smallest absolute Gasteiger partial charge is 0.251 e. The summed E-state index contributed by atoms with van der Waals surface area (Å²) in [5.74, 6) is 1.05. The van der Waals surface area contributed by atoms with Crippen molar-refractivity contribution in [2.45, 2.75) is 33.2 Å². The van der Waals surface area contributed by atoms with Crippen molar-refractivity contribution in [3.8, 4) is 0 Å². The third-order valence-corrected chi connectivity index (χ3v) is 1.86. The Kier molecular flexibility index (Phi) is 3.41. The molecule has 1 aromatic rings. The highest BCUT2D eigenvalue weighted by Gasteiger charge is 2.06. The summed E-state index contributed by atoms with van der Waals surface area (Å²) in [6.45, 7) is 5.99. The first-order valence-electron chi connectivity index (χ1n) is 4.84. The third kappa shape index (κ3) is 2.96. The van der Waals surface area contributed by atoms with E-state index in [1.165, 1.54) is 6.07 Å². The van der Waals surface area contributed by atoms with Gasteiger partial charge in [-0.15, -0.1) is 0 Å². The van der Waals surface area contributed by atoms with E-state index >= 15 is 0 Å². The summed E-state index contributed by atoms with van der Waals surface area (Å²) in [6, 6.07) is 1.31. The number of nitrogens with two attached hydrogens (primary N) is 1. The summed E-state index contributed by atoms with van der Waals surface area (Å²) in [6.07, 6.45) is 0.809. The van der Waals surface area contributed by atoms with Crippen molar-refractivity contribution in [3.05, 3.63) is 27.9 Å². The second-order valence-corrected chi connectivity index (χ2v) is 4.01. The molecule has 1 unspecified atom stereocenters. The van der Waals surface area contributed by atoms with Crippen LogP contribution >= 0.6 is 0 Å². The Hall–Kier alpha value is -1.16. The molecule has 4 nitrogen and oxygen atoms in total. The Morgan fingerprint density at radius 2 is 2.14 bits per heavy atom. The average molecular weight is 195 g/mol. The average Bonchev–Trinajstić information content (AvgIpc) is 2.01. The van der Waals surface area contributed by atoms with E-state index in [1.807, 2.05) is 0 Å². The molecule has 0 bridgehead atoms. The Balaban J connectivity index is 3.01. The lowest BCUT2D eigenvalue weighted by molar-refractivity contribution is 0.621. The summed E-state index contributed by atoms with van der Waals surface area (Å²) >= 11 is 0. The van der Waals surface area contributed by atoms with Crippen molar-refractivity contribution in [1.82, 2.24) is 9.97 Å². The summed E-state index contributed by atoms with van der Waals surface area (Å²) in [5, 5.41) is 0. The monoisotopic (exact) mass is 195 g/mol. The van der Waals surface area contributed by atoms with Gasteiger partial charge in [0.15, 0.2) is 0 Å². The van der Waals surface area contributed by atoms with Gasteiger partial charge < -0.3 is 10.7 Å². The number of H-pyrrole nitrogens is 1. The van der Waals surface area contributed by atoms with Crippen molar-refractivity contribution in [1.29, 1.82) is 0 Å². The zero-order valence-corrected chi connectivity index (χ0v) is 8.87. The van der Waals surface area contributed by atoms with Crippen LogP contribution in [-0.4, -0.2) is 9.97 Å². The van der Waals surface area contributed by atoms with Gasteiger partial charge in [0.05, 0.1) is 6.04 Å². The fraction of sp³-hybridized carbons (Fsp3) is 0.600. The molecule has 3 N–H and O–H groups in total. The van der Waals surface area contributed by atoms with Crippen LogP contribution in [0.5, 0.6) is 0 Å². The molecule has 0 aliphatic heterocycles. The molecule has 1 atom stereocenters. The van der Waals surface area contributed by atoms with Gasteiger partial charge in [-0.3, -0.25) is 4.79 Å². The topological polar surface area (TPSA) is 71.8 Å². The van der Waals surface area contributed by atoms with E-state index in [9.17, 15) is 4.79 Å². The molecule has 0 aliphatic carbocycles. The lowest BCUT2D eigenvalue weighted by Crippen LogP contribution is -2.19. The van der Waals surface area contributed by atoms with Crippen LogP contribution < -0.4 is 11.3 Å². The van der Waals surface area contributed by atoms with Crippen molar-refractivity contribution < 1.29 is 0 Å². The number of nitrogens with zero attached hydrogens (tertiary/aromatic N) is 1. The van der Waals surface area contributed by atoms with Gasteiger partial charge in [0, 0.05) is 11.8 Å². The highest BCUT2D eigenvalue weighted by Crippen LogP contribution is 2.05. The third-order valence-electron chi connectivity index (χ3n) is 1.86. The summed E-state index contributed by atoms with van der Waals surface area (Å²) in [5.41, 5.74) is 6.34. The van der Waals surface area contributed by atoms with Gasteiger partial charge in [-0.2, -0.15) is 0 Å². The molecule has 14 heavy (non-hydrogen) atoms. The van der Waals surface area contributed by atoms with Crippen LogP contribution in [-0.2, 0) is 6.42 Å². The molecule has 0 aromatic carbocycles. The Morgan fingerprint density at radius 3 is 2.64 bits per heavy atom. The molecule has 0 saturated heterocycles. The molecule has 78 valence electrons. The van der Waals surface area contributed by atoms with Crippen LogP contribution in [0.25, 0.3) is 0 Å².